The lowest BCUT2D eigenvalue weighted by molar-refractivity contribution is -0.890. The average molecular weight is 335 g/mol. The van der Waals surface area contributed by atoms with E-state index in [1.807, 2.05) is 0 Å². The van der Waals surface area contributed by atoms with Crippen LogP contribution in [0.4, 0.5) is 0 Å². The normalized spacial score (nSPS) is 12.1. The highest BCUT2D eigenvalue weighted by Gasteiger charge is 2.14. The van der Waals surface area contributed by atoms with Gasteiger partial charge in [0.1, 0.15) is 0 Å². The molecule has 0 atom stereocenters. The third-order valence-electron chi connectivity index (χ3n) is 3.48. The molecule has 0 aromatic heterocycles. The lowest BCUT2D eigenvalue weighted by atomic mass is 10.1. The van der Waals surface area contributed by atoms with Crippen molar-refractivity contribution in [3.8, 4) is 0 Å². The van der Waals surface area contributed by atoms with Gasteiger partial charge in [0.05, 0.1) is 43.9 Å². The van der Waals surface area contributed by atoms with Crippen LogP contribution >= 0.6 is 0 Å². The molecule has 0 spiro atoms. The number of nitrogens with zero attached hydrogens (tertiary/aromatic N) is 1. The molecule has 0 radical (unpaired) electrons. The highest BCUT2D eigenvalue weighted by Crippen LogP contribution is 2.08. The minimum atomic E-state index is -4.06. The molecule has 0 amide bonds. The van der Waals surface area contributed by atoms with Crippen LogP contribution in [0.3, 0.4) is 0 Å². The molecule has 0 aliphatic carbocycles. The Kier molecular flexibility index (Phi) is 10.3. The number of carbonyl (C=O) groups excluding carboxylic acids is 1. The third kappa shape index (κ3) is 14.0. The first-order chi connectivity index (χ1) is 10.2. The van der Waals surface area contributed by atoms with Gasteiger partial charge >= 0.3 is 5.97 Å². The summed E-state index contributed by atoms with van der Waals surface area (Å²) in [5.41, 5.74) is 0. The fourth-order valence-electron chi connectivity index (χ4n) is 2.19. The first-order valence-corrected chi connectivity index (χ1v) is 9.29. The molecule has 0 saturated carbocycles. The zero-order valence-electron chi connectivity index (χ0n) is 13.8. The molecular formula is C15H29NO5S. The van der Waals surface area contributed by atoms with Crippen LogP contribution in [0, 0.1) is 0 Å². The Balaban J connectivity index is 3.59. The van der Waals surface area contributed by atoms with E-state index in [1.54, 1.807) is 0 Å². The minimum Gasteiger partial charge on any atom is -0.748 e. The summed E-state index contributed by atoms with van der Waals surface area (Å²) < 4.78 is 37.1. The van der Waals surface area contributed by atoms with Crippen molar-refractivity contribution in [2.24, 2.45) is 0 Å². The second-order valence-corrected chi connectivity index (χ2v) is 7.66. The van der Waals surface area contributed by atoms with Crippen LogP contribution in [-0.2, 0) is 19.6 Å². The molecule has 0 aliphatic rings. The fraction of sp³-hybridized carbons (Fsp3) is 0.800. The number of hydrogen-bond acceptors (Lipinski definition) is 5. The maximum Gasteiger partial charge on any atom is 0.330 e. The van der Waals surface area contributed by atoms with Crippen molar-refractivity contribution in [1.82, 2.24) is 0 Å². The van der Waals surface area contributed by atoms with Gasteiger partial charge in [-0.2, -0.15) is 0 Å². The molecule has 7 heteroatoms. The second kappa shape index (κ2) is 10.7. The summed E-state index contributed by atoms with van der Waals surface area (Å²) in [6.07, 6.45) is 6.26. The van der Waals surface area contributed by atoms with E-state index in [2.05, 4.69) is 20.7 Å². The van der Waals surface area contributed by atoms with E-state index in [0.717, 1.165) is 55.8 Å². The quantitative estimate of drug-likeness (QED) is 0.168. The van der Waals surface area contributed by atoms with Crippen molar-refractivity contribution in [1.29, 1.82) is 0 Å². The van der Waals surface area contributed by atoms with E-state index in [-0.39, 0.29) is 11.7 Å². The van der Waals surface area contributed by atoms with Crippen molar-refractivity contribution < 1.29 is 27.0 Å². The molecule has 6 nitrogen and oxygen atoms in total. The van der Waals surface area contributed by atoms with Crippen molar-refractivity contribution in [3.05, 3.63) is 12.7 Å². The Morgan fingerprint density at radius 2 is 1.64 bits per heavy atom. The van der Waals surface area contributed by atoms with Crippen LogP contribution in [0.5, 0.6) is 0 Å². The number of esters is 1. The Bertz CT molecular complexity index is 431. The predicted octanol–water partition coefficient (Wildman–Crippen LogP) is 1.68. The summed E-state index contributed by atoms with van der Waals surface area (Å²) in [4.78, 5) is 10.9. The monoisotopic (exact) mass is 335 g/mol. The largest absolute Gasteiger partial charge is 0.748 e. The van der Waals surface area contributed by atoms with Gasteiger partial charge in [-0.25, -0.2) is 13.2 Å². The van der Waals surface area contributed by atoms with Crippen LogP contribution in [0.1, 0.15) is 38.5 Å². The van der Waals surface area contributed by atoms with Crippen molar-refractivity contribution in [2.45, 2.75) is 38.5 Å². The van der Waals surface area contributed by atoms with Crippen molar-refractivity contribution in [3.63, 3.8) is 0 Å². The Morgan fingerprint density at radius 1 is 1.09 bits per heavy atom. The van der Waals surface area contributed by atoms with Gasteiger partial charge in [-0.1, -0.05) is 19.4 Å². The summed E-state index contributed by atoms with van der Waals surface area (Å²) in [7, 11) is 0.220. The number of quaternary nitrogens is 1. The van der Waals surface area contributed by atoms with E-state index in [4.69, 9.17) is 4.74 Å². The second-order valence-electron chi connectivity index (χ2n) is 6.14. The molecule has 0 saturated heterocycles. The predicted molar refractivity (Wildman–Crippen MR) is 85.3 cm³/mol. The zero-order chi connectivity index (χ0) is 17.1. The summed E-state index contributed by atoms with van der Waals surface area (Å²) in [5.74, 6) is -0.636. The molecule has 0 aromatic rings. The van der Waals surface area contributed by atoms with Crippen LogP contribution in [-0.4, -0.2) is 63.0 Å². The van der Waals surface area contributed by atoms with Crippen LogP contribution in [0.15, 0.2) is 12.7 Å². The van der Waals surface area contributed by atoms with E-state index >= 15 is 0 Å². The highest BCUT2D eigenvalue weighted by molar-refractivity contribution is 7.85. The van der Waals surface area contributed by atoms with Crippen LogP contribution in [0.25, 0.3) is 0 Å². The maximum absolute atomic E-state index is 10.9. The van der Waals surface area contributed by atoms with Gasteiger partial charge in [-0.15, -0.1) is 0 Å². The number of hydrogen-bond donors (Lipinski definition) is 0. The Labute approximate surface area is 134 Å². The lowest BCUT2D eigenvalue weighted by Gasteiger charge is -2.29. The molecule has 0 unspecified atom stereocenters. The zero-order valence-corrected chi connectivity index (χ0v) is 14.6. The number of ether oxygens (including phenoxy) is 1. The molecule has 0 aliphatic heterocycles. The molecule has 0 heterocycles. The minimum absolute atomic E-state index is 0.252. The standard InChI is InChI=1S/C15H29NO5S/c1-4-15(17)21-13-10-12-16(2,3)11-8-6-5-7-9-14-22(18,19)20/h4H,1,5-14H2,2-3H3. The molecule has 0 rings (SSSR count). The van der Waals surface area contributed by atoms with E-state index < -0.39 is 10.1 Å². The molecule has 0 bridgehead atoms. The molecule has 130 valence electrons. The molecule has 0 aromatic carbocycles. The molecule has 0 N–H and O–H groups in total. The van der Waals surface area contributed by atoms with Crippen LogP contribution < -0.4 is 0 Å². The number of carbonyl (C=O) groups is 1. The van der Waals surface area contributed by atoms with Crippen molar-refractivity contribution in [2.75, 3.05) is 39.5 Å². The SMILES string of the molecule is C=CC(=O)OCCC[N+](C)(C)CCCCCCCS(=O)(=O)[O-]. The van der Waals surface area contributed by atoms with Gasteiger partial charge in [-0.3, -0.25) is 0 Å². The third-order valence-corrected chi connectivity index (χ3v) is 4.27. The first-order valence-electron chi connectivity index (χ1n) is 7.71. The smallest absolute Gasteiger partial charge is 0.330 e. The fourth-order valence-corrected chi connectivity index (χ4v) is 2.74. The lowest BCUT2D eigenvalue weighted by Crippen LogP contribution is -2.41. The maximum atomic E-state index is 10.9. The summed E-state index contributed by atoms with van der Waals surface area (Å²) in [6, 6.07) is 0. The van der Waals surface area contributed by atoms with Gasteiger partial charge in [0.25, 0.3) is 0 Å². The van der Waals surface area contributed by atoms with Gasteiger partial charge in [0.2, 0.25) is 0 Å². The van der Waals surface area contributed by atoms with E-state index in [0.29, 0.717) is 13.0 Å². The molecule has 22 heavy (non-hydrogen) atoms. The van der Waals surface area contributed by atoms with Gasteiger partial charge in [0, 0.05) is 18.2 Å². The van der Waals surface area contributed by atoms with Crippen molar-refractivity contribution >= 4 is 16.1 Å². The topological polar surface area (TPSA) is 83.5 Å². The first kappa shape index (κ1) is 21.1. The number of unbranched alkanes of at least 4 members (excludes halogenated alkanes) is 4. The van der Waals surface area contributed by atoms with Gasteiger partial charge in [0.15, 0.2) is 0 Å². The summed E-state index contributed by atoms with van der Waals surface area (Å²) in [6.45, 7) is 5.71. The Morgan fingerprint density at radius 3 is 2.23 bits per heavy atom. The average Bonchev–Trinajstić information content (AvgIpc) is 2.41. The summed E-state index contributed by atoms with van der Waals surface area (Å²) >= 11 is 0. The van der Waals surface area contributed by atoms with E-state index in [1.165, 1.54) is 0 Å². The van der Waals surface area contributed by atoms with Gasteiger partial charge in [-0.05, 0) is 19.3 Å². The highest BCUT2D eigenvalue weighted by atomic mass is 32.2. The van der Waals surface area contributed by atoms with E-state index in [9.17, 15) is 17.8 Å². The molecule has 0 fully saturated rings. The Hall–Kier alpha value is -0.920. The number of rotatable bonds is 13. The van der Waals surface area contributed by atoms with Gasteiger partial charge < -0.3 is 13.8 Å². The van der Waals surface area contributed by atoms with Crippen LogP contribution in [0.2, 0.25) is 0 Å². The summed E-state index contributed by atoms with van der Waals surface area (Å²) in [5, 5.41) is 0. The molecular weight excluding hydrogens is 306 g/mol.